The molecule has 0 aromatic heterocycles. The van der Waals surface area contributed by atoms with Gasteiger partial charge in [0.1, 0.15) is 5.75 Å². The van der Waals surface area contributed by atoms with E-state index in [0.717, 1.165) is 50.6 Å². The first kappa shape index (κ1) is 16.8. The molecule has 0 amide bonds. The van der Waals surface area contributed by atoms with Gasteiger partial charge in [0, 0.05) is 6.42 Å². The first-order chi connectivity index (χ1) is 10.7. The van der Waals surface area contributed by atoms with Crippen molar-refractivity contribution in [1.29, 1.82) is 0 Å². The van der Waals surface area contributed by atoms with Crippen LogP contribution in [0.1, 0.15) is 37.7 Å². The van der Waals surface area contributed by atoms with E-state index < -0.39 is 5.97 Å². The molecule has 1 aromatic rings. The van der Waals surface area contributed by atoms with Crippen LogP contribution in [-0.2, 0) is 11.2 Å². The highest BCUT2D eigenvalue weighted by Gasteiger charge is 2.20. The number of carboxylic acids is 1. The van der Waals surface area contributed by atoms with Crippen LogP contribution in [0.25, 0.3) is 0 Å². The highest BCUT2D eigenvalue weighted by Crippen LogP contribution is 2.26. The molecule has 0 unspecified atom stereocenters. The summed E-state index contributed by atoms with van der Waals surface area (Å²) in [7, 11) is 1.73. The lowest BCUT2D eigenvalue weighted by Gasteiger charge is -2.32. The van der Waals surface area contributed by atoms with Crippen molar-refractivity contribution >= 4 is 5.97 Å². The fourth-order valence-electron chi connectivity index (χ4n) is 3.21. The Morgan fingerprint density at radius 1 is 1.27 bits per heavy atom. The minimum absolute atomic E-state index is 0.296. The fraction of sp³-hybridized carbons (Fsp3) is 0.611. The molecule has 4 heteroatoms. The lowest BCUT2D eigenvalue weighted by Crippen LogP contribution is -2.35. The van der Waals surface area contributed by atoms with Crippen molar-refractivity contribution in [1.82, 2.24) is 4.90 Å². The van der Waals surface area contributed by atoms with Crippen LogP contribution in [0.4, 0.5) is 0 Å². The highest BCUT2D eigenvalue weighted by molar-refractivity contribution is 5.66. The summed E-state index contributed by atoms with van der Waals surface area (Å²) >= 11 is 0. The summed E-state index contributed by atoms with van der Waals surface area (Å²) in [6.45, 7) is 3.30. The lowest BCUT2D eigenvalue weighted by atomic mass is 9.89. The van der Waals surface area contributed by atoms with Gasteiger partial charge in [0.15, 0.2) is 0 Å². The number of ether oxygens (including phenoxy) is 1. The van der Waals surface area contributed by atoms with E-state index in [4.69, 9.17) is 9.84 Å². The molecule has 1 aliphatic heterocycles. The van der Waals surface area contributed by atoms with E-state index in [1.165, 1.54) is 18.4 Å². The van der Waals surface area contributed by atoms with Crippen molar-refractivity contribution in [2.24, 2.45) is 5.92 Å². The zero-order valence-electron chi connectivity index (χ0n) is 13.5. The molecular weight excluding hydrogens is 278 g/mol. The van der Waals surface area contributed by atoms with Crippen LogP contribution in [0.2, 0.25) is 0 Å². The standard InChI is InChI=1S/C18H27NO3/c1-22-17-7-3-2-6-16(17)14-15-9-12-19(13-10-15)11-5-4-8-18(20)21/h2-3,6-7,15H,4-5,8-14H2,1H3,(H,20,21). The first-order valence-electron chi connectivity index (χ1n) is 8.25. The molecule has 1 fully saturated rings. The maximum Gasteiger partial charge on any atom is 0.303 e. The number of rotatable bonds is 8. The number of aliphatic carboxylic acids is 1. The second-order valence-corrected chi connectivity index (χ2v) is 6.15. The number of methoxy groups -OCH3 is 1. The number of hydrogen-bond donors (Lipinski definition) is 1. The summed E-state index contributed by atoms with van der Waals surface area (Å²) in [4.78, 5) is 13.0. The fourth-order valence-corrected chi connectivity index (χ4v) is 3.21. The van der Waals surface area contributed by atoms with Crippen LogP contribution in [0.3, 0.4) is 0 Å². The highest BCUT2D eigenvalue weighted by atomic mass is 16.5. The van der Waals surface area contributed by atoms with E-state index in [1.807, 2.05) is 12.1 Å². The van der Waals surface area contributed by atoms with Crippen LogP contribution in [0.5, 0.6) is 5.75 Å². The molecule has 0 saturated carbocycles. The number of para-hydroxylation sites is 1. The normalized spacial score (nSPS) is 16.6. The van der Waals surface area contributed by atoms with Crippen LogP contribution in [-0.4, -0.2) is 42.7 Å². The van der Waals surface area contributed by atoms with Gasteiger partial charge in [-0.2, -0.15) is 0 Å². The molecule has 1 N–H and O–H groups in total. The van der Waals surface area contributed by atoms with Crippen molar-refractivity contribution in [2.75, 3.05) is 26.7 Å². The maximum absolute atomic E-state index is 10.5. The van der Waals surface area contributed by atoms with E-state index >= 15 is 0 Å². The van der Waals surface area contributed by atoms with Gasteiger partial charge in [-0.1, -0.05) is 18.2 Å². The molecule has 22 heavy (non-hydrogen) atoms. The summed E-state index contributed by atoms with van der Waals surface area (Å²) in [5.41, 5.74) is 1.31. The van der Waals surface area contributed by atoms with Crippen LogP contribution in [0, 0.1) is 5.92 Å². The molecule has 0 aliphatic carbocycles. The Hall–Kier alpha value is -1.55. The van der Waals surface area contributed by atoms with E-state index in [2.05, 4.69) is 17.0 Å². The number of likely N-dealkylation sites (tertiary alicyclic amines) is 1. The average molecular weight is 305 g/mol. The molecule has 1 aromatic carbocycles. The zero-order valence-corrected chi connectivity index (χ0v) is 13.5. The molecule has 0 spiro atoms. The Kier molecular flexibility index (Phi) is 6.72. The van der Waals surface area contributed by atoms with Gasteiger partial charge in [-0.3, -0.25) is 4.79 Å². The molecule has 0 radical (unpaired) electrons. The molecular formula is C18H27NO3. The molecule has 122 valence electrons. The number of hydrogen-bond acceptors (Lipinski definition) is 3. The van der Waals surface area contributed by atoms with Gasteiger partial charge in [0.05, 0.1) is 7.11 Å². The van der Waals surface area contributed by atoms with Crippen LogP contribution in [0.15, 0.2) is 24.3 Å². The molecule has 0 bridgehead atoms. The topological polar surface area (TPSA) is 49.8 Å². The Balaban J connectivity index is 1.70. The van der Waals surface area contributed by atoms with Crippen molar-refractivity contribution in [3.05, 3.63) is 29.8 Å². The summed E-state index contributed by atoms with van der Waals surface area (Å²) in [6, 6.07) is 8.29. The van der Waals surface area contributed by atoms with Gasteiger partial charge >= 0.3 is 5.97 Å². The van der Waals surface area contributed by atoms with Crippen molar-refractivity contribution in [3.63, 3.8) is 0 Å². The number of carboxylic acid groups (broad SMARTS) is 1. The molecule has 4 nitrogen and oxygen atoms in total. The molecule has 0 atom stereocenters. The second kappa shape index (κ2) is 8.79. The van der Waals surface area contributed by atoms with Crippen LogP contribution < -0.4 is 4.74 Å². The largest absolute Gasteiger partial charge is 0.496 e. The summed E-state index contributed by atoms with van der Waals surface area (Å²) in [6.07, 6.45) is 5.61. The predicted octanol–water partition coefficient (Wildman–Crippen LogP) is 3.20. The average Bonchev–Trinajstić information content (AvgIpc) is 2.53. The number of carbonyl (C=O) groups is 1. The Morgan fingerprint density at radius 2 is 2.00 bits per heavy atom. The molecule has 1 heterocycles. The summed E-state index contributed by atoms with van der Waals surface area (Å²) in [5.74, 6) is 1.04. The summed E-state index contributed by atoms with van der Waals surface area (Å²) < 4.78 is 5.43. The summed E-state index contributed by atoms with van der Waals surface area (Å²) in [5, 5.41) is 8.64. The smallest absolute Gasteiger partial charge is 0.303 e. The Labute approximate surface area is 133 Å². The van der Waals surface area contributed by atoms with E-state index in [9.17, 15) is 4.79 Å². The van der Waals surface area contributed by atoms with Gasteiger partial charge in [0.25, 0.3) is 0 Å². The Morgan fingerprint density at radius 3 is 2.68 bits per heavy atom. The van der Waals surface area contributed by atoms with Crippen molar-refractivity contribution < 1.29 is 14.6 Å². The van der Waals surface area contributed by atoms with Gasteiger partial charge in [-0.15, -0.1) is 0 Å². The van der Waals surface area contributed by atoms with Gasteiger partial charge in [0.2, 0.25) is 0 Å². The van der Waals surface area contributed by atoms with Gasteiger partial charge in [-0.25, -0.2) is 0 Å². The molecule has 1 saturated heterocycles. The predicted molar refractivity (Wildman–Crippen MR) is 87.3 cm³/mol. The third kappa shape index (κ3) is 5.34. The number of benzene rings is 1. The van der Waals surface area contributed by atoms with Crippen molar-refractivity contribution in [2.45, 2.75) is 38.5 Å². The number of unbranched alkanes of at least 4 members (excludes halogenated alkanes) is 1. The Bertz CT molecular complexity index is 467. The quantitative estimate of drug-likeness (QED) is 0.749. The van der Waals surface area contributed by atoms with Gasteiger partial charge < -0.3 is 14.7 Å². The second-order valence-electron chi connectivity index (χ2n) is 6.15. The third-order valence-corrected chi connectivity index (χ3v) is 4.52. The number of nitrogens with zero attached hydrogens (tertiary/aromatic N) is 1. The minimum atomic E-state index is -0.685. The first-order valence-corrected chi connectivity index (χ1v) is 8.25. The lowest BCUT2D eigenvalue weighted by molar-refractivity contribution is -0.137. The maximum atomic E-state index is 10.5. The SMILES string of the molecule is COc1ccccc1CC1CCN(CCCCC(=O)O)CC1. The van der Waals surface area contributed by atoms with Gasteiger partial charge in [-0.05, 0) is 69.3 Å². The van der Waals surface area contributed by atoms with Crippen LogP contribution >= 0.6 is 0 Å². The zero-order chi connectivity index (χ0) is 15.8. The monoisotopic (exact) mass is 305 g/mol. The minimum Gasteiger partial charge on any atom is -0.496 e. The molecule has 1 aliphatic rings. The van der Waals surface area contributed by atoms with Crippen molar-refractivity contribution in [3.8, 4) is 5.75 Å². The van der Waals surface area contributed by atoms with E-state index in [1.54, 1.807) is 7.11 Å². The third-order valence-electron chi connectivity index (χ3n) is 4.52. The van der Waals surface area contributed by atoms with E-state index in [0.29, 0.717) is 6.42 Å². The number of piperidine rings is 1. The molecule has 2 rings (SSSR count). The van der Waals surface area contributed by atoms with E-state index in [-0.39, 0.29) is 0 Å².